The van der Waals surface area contributed by atoms with Gasteiger partial charge in [0.1, 0.15) is 0 Å². The van der Waals surface area contributed by atoms with Gasteiger partial charge in [0.25, 0.3) is 0 Å². The Bertz CT molecular complexity index is 796. The summed E-state index contributed by atoms with van der Waals surface area (Å²) in [5.41, 5.74) is 8.68. The number of nitrogens with one attached hydrogen (secondary N) is 2. The lowest BCUT2D eigenvalue weighted by Crippen LogP contribution is -2.53. The van der Waals surface area contributed by atoms with Gasteiger partial charge in [-0.25, -0.2) is 4.79 Å². The zero-order valence-electron chi connectivity index (χ0n) is 14.8. The molecule has 1 aliphatic rings. The highest BCUT2D eigenvalue weighted by Crippen LogP contribution is 2.28. The van der Waals surface area contributed by atoms with E-state index in [0.29, 0.717) is 6.42 Å². The van der Waals surface area contributed by atoms with Gasteiger partial charge in [-0.05, 0) is 42.4 Å². The summed E-state index contributed by atoms with van der Waals surface area (Å²) < 4.78 is 0. The first kappa shape index (κ1) is 19.5. The number of aryl methyl sites for hydroxylation is 1. The Balaban J connectivity index is 0.00000225. The van der Waals surface area contributed by atoms with Gasteiger partial charge in [0, 0.05) is 25.6 Å². The van der Waals surface area contributed by atoms with Crippen molar-refractivity contribution in [3.05, 3.63) is 34.2 Å². The van der Waals surface area contributed by atoms with Crippen LogP contribution in [0.1, 0.15) is 38.7 Å². The molecule has 0 aliphatic carbocycles. The number of piperidine rings is 1. The molecule has 1 atom stereocenters. The molecule has 6 nitrogen and oxygen atoms in total. The van der Waals surface area contributed by atoms with Gasteiger partial charge in [0.05, 0.1) is 11.0 Å². The lowest BCUT2D eigenvalue weighted by Gasteiger charge is -2.42. The highest BCUT2D eigenvalue weighted by Gasteiger charge is 2.34. The average molecular weight is 367 g/mol. The zero-order chi connectivity index (χ0) is 17.3. The monoisotopic (exact) mass is 366 g/mol. The van der Waals surface area contributed by atoms with E-state index in [1.807, 2.05) is 23.1 Å². The van der Waals surface area contributed by atoms with E-state index in [2.05, 4.69) is 23.8 Å². The maximum Gasteiger partial charge on any atom is 0.323 e. The number of aromatic nitrogens is 2. The number of carbonyl (C=O) groups excluding carboxylic acids is 1. The van der Waals surface area contributed by atoms with E-state index >= 15 is 0 Å². The van der Waals surface area contributed by atoms with Gasteiger partial charge in [-0.2, -0.15) is 0 Å². The van der Waals surface area contributed by atoms with Crippen molar-refractivity contribution in [3.8, 4) is 0 Å². The van der Waals surface area contributed by atoms with E-state index in [1.165, 1.54) is 0 Å². The number of nitrogens with two attached hydrogens (primary N) is 1. The Morgan fingerprint density at radius 2 is 2.04 bits per heavy atom. The second-order valence-electron chi connectivity index (χ2n) is 7.51. The van der Waals surface area contributed by atoms with Gasteiger partial charge >= 0.3 is 5.69 Å². The number of hydrogen-bond acceptors (Lipinski definition) is 3. The van der Waals surface area contributed by atoms with Crippen LogP contribution in [0.2, 0.25) is 0 Å². The maximum atomic E-state index is 12.4. The molecule has 1 amide bonds. The quantitative estimate of drug-likeness (QED) is 0.773. The minimum atomic E-state index is -0.191. The molecule has 138 valence electrons. The third-order valence-electron chi connectivity index (χ3n) is 5.10. The van der Waals surface area contributed by atoms with Crippen LogP contribution in [-0.2, 0) is 11.2 Å². The topological polar surface area (TPSA) is 95.0 Å². The fourth-order valence-corrected chi connectivity index (χ4v) is 3.42. The molecular formula is C18H27ClN4O2. The fourth-order valence-electron chi connectivity index (χ4n) is 3.42. The van der Waals surface area contributed by atoms with Crippen molar-refractivity contribution in [2.75, 3.05) is 13.1 Å². The number of H-pyrrole nitrogens is 2. The number of likely N-dealkylation sites (tertiary alicyclic amines) is 1. The van der Waals surface area contributed by atoms with Crippen LogP contribution < -0.4 is 11.4 Å². The van der Waals surface area contributed by atoms with Crippen LogP contribution in [0.5, 0.6) is 0 Å². The van der Waals surface area contributed by atoms with E-state index < -0.39 is 0 Å². The van der Waals surface area contributed by atoms with E-state index in [4.69, 9.17) is 5.73 Å². The van der Waals surface area contributed by atoms with Crippen molar-refractivity contribution in [1.29, 1.82) is 0 Å². The minimum Gasteiger partial charge on any atom is -0.342 e. The second kappa shape index (κ2) is 7.62. The number of carbonyl (C=O) groups is 1. The maximum absolute atomic E-state index is 12.4. The van der Waals surface area contributed by atoms with Crippen LogP contribution in [0.25, 0.3) is 11.0 Å². The van der Waals surface area contributed by atoms with Crippen LogP contribution in [0, 0.1) is 5.41 Å². The molecule has 0 saturated carbocycles. The highest BCUT2D eigenvalue weighted by molar-refractivity contribution is 5.85. The molecule has 1 aliphatic heterocycles. The standard InChI is InChI=1S/C18H26N4O2.ClH/c1-18(2)11-22(9-8-15(18)19)16(23)5-3-4-12-6-7-13-14(10-12)21-17(24)20-13;/h6-7,10,15H,3-5,8-9,11,19H2,1-2H3,(H2,20,21,24);1H. The van der Waals surface area contributed by atoms with Gasteiger partial charge < -0.3 is 20.6 Å². The number of amides is 1. The first-order valence-corrected chi connectivity index (χ1v) is 8.59. The summed E-state index contributed by atoms with van der Waals surface area (Å²) in [7, 11) is 0. The second-order valence-corrected chi connectivity index (χ2v) is 7.51. The molecule has 3 rings (SSSR count). The number of hydrogen-bond donors (Lipinski definition) is 3. The summed E-state index contributed by atoms with van der Waals surface area (Å²) in [5, 5.41) is 0. The summed E-state index contributed by atoms with van der Waals surface area (Å²) >= 11 is 0. The van der Waals surface area contributed by atoms with Crippen LogP contribution in [0.15, 0.2) is 23.0 Å². The van der Waals surface area contributed by atoms with E-state index in [1.54, 1.807) is 0 Å². The first-order chi connectivity index (χ1) is 11.3. The fraction of sp³-hybridized carbons (Fsp3) is 0.556. The molecule has 4 N–H and O–H groups in total. The third kappa shape index (κ3) is 4.44. The lowest BCUT2D eigenvalue weighted by atomic mass is 9.79. The molecule has 1 saturated heterocycles. The molecule has 7 heteroatoms. The number of aromatic amines is 2. The predicted molar refractivity (Wildman–Crippen MR) is 102 cm³/mol. The lowest BCUT2D eigenvalue weighted by molar-refractivity contribution is -0.134. The van der Waals surface area contributed by atoms with Crippen molar-refractivity contribution in [1.82, 2.24) is 14.9 Å². The molecular weight excluding hydrogens is 340 g/mol. The number of imidazole rings is 1. The first-order valence-electron chi connectivity index (χ1n) is 8.59. The highest BCUT2D eigenvalue weighted by atomic mass is 35.5. The third-order valence-corrected chi connectivity index (χ3v) is 5.10. The largest absolute Gasteiger partial charge is 0.342 e. The van der Waals surface area contributed by atoms with Crippen molar-refractivity contribution >= 4 is 29.3 Å². The Kier molecular flexibility index (Phi) is 5.95. The summed E-state index contributed by atoms with van der Waals surface area (Å²) in [6.07, 6.45) is 3.05. The summed E-state index contributed by atoms with van der Waals surface area (Å²) in [5.74, 6) is 0.214. The van der Waals surface area contributed by atoms with Gasteiger partial charge in [0.2, 0.25) is 5.91 Å². The normalized spacial score (nSPS) is 19.6. The van der Waals surface area contributed by atoms with Crippen LogP contribution >= 0.6 is 12.4 Å². The number of rotatable bonds is 4. The molecule has 0 bridgehead atoms. The van der Waals surface area contributed by atoms with Gasteiger partial charge in [-0.15, -0.1) is 12.4 Å². The van der Waals surface area contributed by atoms with Gasteiger partial charge in [0.15, 0.2) is 0 Å². The SMILES string of the molecule is CC1(C)CN(C(=O)CCCc2ccc3[nH]c(=O)[nH]c3c2)CCC1N.Cl. The predicted octanol–water partition coefficient (Wildman–Crippen LogP) is 2.19. The molecule has 2 aromatic rings. The van der Waals surface area contributed by atoms with E-state index in [0.717, 1.165) is 48.9 Å². The molecule has 1 unspecified atom stereocenters. The van der Waals surface area contributed by atoms with Crippen molar-refractivity contribution in [2.24, 2.45) is 11.1 Å². The van der Waals surface area contributed by atoms with Crippen LogP contribution in [0.4, 0.5) is 0 Å². The molecule has 2 heterocycles. The Morgan fingerprint density at radius 1 is 1.32 bits per heavy atom. The number of benzene rings is 1. The zero-order valence-corrected chi connectivity index (χ0v) is 15.6. The van der Waals surface area contributed by atoms with Crippen molar-refractivity contribution in [2.45, 2.75) is 45.6 Å². The minimum absolute atomic E-state index is 0. The number of halogens is 1. The molecule has 1 aromatic carbocycles. The Labute approximate surface area is 153 Å². The summed E-state index contributed by atoms with van der Waals surface area (Å²) in [4.78, 5) is 31.2. The molecule has 1 aromatic heterocycles. The average Bonchev–Trinajstić information content (AvgIpc) is 2.89. The van der Waals surface area contributed by atoms with Crippen LogP contribution in [0.3, 0.4) is 0 Å². The smallest absolute Gasteiger partial charge is 0.323 e. The number of fused-ring (bicyclic) bond motifs is 1. The Morgan fingerprint density at radius 3 is 2.76 bits per heavy atom. The van der Waals surface area contributed by atoms with Gasteiger partial charge in [-0.3, -0.25) is 4.79 Å². The molecule has 25 heavy (non-hydrogen) atoms. The Hall–Kier alpha value is -1.79. The summed E-state index contributed by atoms with van der Waals surface area (Å²) in [6, 6.07) is 6.04. The molecule has 0 radical (unpaired) electrons. The molecule has 0 spiro atoms. The summed E-state index contributed by atoms with van der Waals surface area (Å²) in [6.45, 7) is 5.76. The van der Waals surface area contributed by atoms with E-state index in [-0.39, 0.29) is 35.5 Å². The molecule has 1 fully saturated rings. The van der Waals surface area contributed by atoms with Crippen molar-refractivity contribution < 1.29 is 4.79 Å². The van der Waals surface area contributed by atoms with Gasteiger partial charge in [-0.1, -0.05) is 19.9 Å². The van der Waals surface area contributed by atoms with Crippen molar-refractivity contribution in [3.63, 3.8) is 0 Å². The van der Waals surface area contributed by atoms with Crippen LogP contribution in [-0.4, -0.2) is 39.9 Å². The van der Waals surface area contributed by atoms with E-state index in [9.17, 15) is 9.59 Å². The number of nitrogens with zero attached hydrogens (tertiary/aromatic N) is 1.